The number of rotatable bonds is 6. The first-order valence-electron chi connectivity index (χ1n) is 8.85. The molecule has 1 aromatic carbocycles. The molecule has 1 aliphatic heterocycles. The Labute approximate surface area is 158 Å². The number of benzene rings is 1. The van der Waals surface area contributed by atoms with Gasteiger partial charge in [0.15, 0.2) is 6.61 Å². The number of carbonyl (C=O) groups excluding carboxylic acids is 2. The molecule has 144 valence electrons. The topological polar surface area (TPSA) is 70.0 Å². The summed E-state index contributed by atoms with van der Waals surface area (Å²) in [7, 11) is 4.96. The molecule has 1 aliphatic rings. The SMILES string of the molecule is COc1ccc(OC)c([C@@H]2CCCN2C(=O)COC(=O)c2cccn2C)c1. The summed E-state index contributed by atoms with van der Waals surface area (Å²) < 4.78 is 17.7. The van der Waals surface area contributed by atoms with Crippen molar-refractivity contribution < 1.29 is 23.8 Å². The molecule has 2 aromatic rings. The van der Waals surface area contributed by atoms with Gasteiger partial charge in [-0.05, 0) is 43.2 Å². The lowest BCUT2D eigenvalue weighted by Gasteiger charge is -2.26. The molecule has 7 nitrogen and oxygen atoms in total. The Morgan fingerprint density at radius 3 is 2.67 bits per heavy atom. The van der Waals surface area contributed by atoms with Crippen LogP contribution in [0.2, 0.25) is 0 Å². The molecule has 0 saturated carbocycles. The summed E-state index contributed by atoms with van der Waals surface area (Å²) in [5, 5.41) is 0. The van der Waals surface area contributed by atoms with Crippen molar-refractivity contribution in [2.75, 3.05) is 27.4 Å². The molecule has 1 amide bonds. The number of esters is 1. The molecule has 1 saturated heterocycles. The van der Waals surface area contributed by atoms with Crippen LogP contribution in [-0.4, -0.2) is 48.7 Å². The number of methoxy groups -OCH3 is 2. The van der Waals surface area contributed by atoms with Gasteiger partial charge in [0, 0.05) is 25.4 Å². The molecule has 0 radical (unpaired) electrons. The van der Waals surface area contributed by atoms with Crippen molar-refractivity contribution in [2.24, 2.45) is 7.05 Å². The number of carbonyl (C=O) groups is 2. The fraction of sp³-hybridized carbons (Fsp3) is 0.400. The molecule has 7 heteroatoms. The number of amides is 1. The normalized spacial score (nSPS) is 16.3. The first-order chi connectivity index (χ1) is 13.0. The van der Waals surface area contributed by atoms with Crippen molar-refractivity contribution >= 4 is 11.9 Å². The molecule has 0 aliphatic carbocycles. The number of nitrogens with zero attached hydrogens (tertiary/aromatic N) is 2. The summed E-state index contributed by atoms with van der Waals surface area (Å²) in [6.07, 6.45) is 3.45. The van der Waals surface area contributed by atoms with Gasteiger partial charge in [-0.1, -0.05) is 0 Å². The maximum absolute atomic E-state index is 12.7. The van der Waals surface area contributed by atoms with Gasteiger partial charge in [-0.15, -0.1) is 0 Å². The van der Waals surface area contributed by atoms with E-state index in [0.717, 1.165) is 18.4 Å². The molecular weight excluding hydrogens is 348 g/mol. The molecule has 1 atom stereocenters. The van der Waals surface area contributed by atoms with Crippen LogP contribution in [0.5, 0.6) is 11.5 Å². The largest absolute Gasteiger partial charge is 0.497 e. The second-order valence-corrected chi connectivity index (χ2v) is 6.43. The second kappa shape index (κ2) is 8.16. The third-order valence-electron chi connectivity index (χ3n) is 4.85. The third kappa shape index (κ3) is 3.92. The third-order valence-corrected chi connectivity index (χ3v) is 4.85. The van der Waals surface area contributed by atoms with Gasteiger partial charge in [0.25, 0.3) is 5.91 Å². The Balaban J connectivity index is 1.71. The number of hydrogen-bond donors (Lipinski definition) is 0. The molecular formula is C20H24N2O5. The molecule has 2 heterocycles. The van der Waals surface area contributed by atoms with E-state index in [4.69, 9.17) is 14.2 Å². The van der Waals surface area contributed by atoms with Crippen LogP contribution in [0.4, 0.5) is 0 Å². The Kier molecular flexibility index (Phi) is 5.69. The van der Waals surface area contributed by atoms with Gasteiger partial charge in [-0.3, -0.25) is 4.79 Å². The summed E-state index contributed by atoms with van der Waals surface area (Å²) >= 11 is 0. The zero-order valence-corrected chi connectivity index (χ0v) is 15.8. The van der Waals surface area contributed by atoms with Crippen LogP contribution < -0.4 is 9.47 Å². The van der Waals surface area contributed by atoms with E-state index in [9.17, 15) is 9.59 Å². The van der Waals surface area contributed by atoms with Crippen molar-refractivity contribution in [1.82, 2.24) is 9.47 Å². The van der Waals surface area contributed by atoms with Gasteiger partial charge in [0.2, 0.25) is 0 Å². The number of aromatic nitrogens is 1. The maximum atomic E-state index is 12.7. The number of likely N-dealkylation sites (tertiary alicyclic amines) is 1. The lowest BCUT2D eigenvalue weighted by Crippen LogP contribution is -2.34. The predicted molar refractivity (Wildman–Crippen MR) is 98.9 cm³/mol. The highest BCUT2D eigenvalue weighted by Crippen LogP contribution is 2.38. The molecule has 27 heavy (non-hydrogen) atoms. The Bertz CT molecular complexity index is 830. The van der Waals surface area contributed by atoms with E-state index in [2.05, 4.69) is 0 Å². The van der Waals surface area contributed by atoms with Gasteiger partial charge >= 0.3 is 5.97 Å². The number of ether oxygens (including phenoxy) is 3. The van der Waals surface area contributed by atoms with Crippen LogP contribution in [0, 0.1) is 0 Å². The minimum Gasteiger partial charge on any atom is -0.497 e. The van der Waals surface area contributed by atoms with Gasteiger partial charge in [-0.25, -0.2) is 4.79 Å². The molecule has 0 unspecified atom stereocenters. The van der Waals surface area contributed by atoms with Crippen LogP contribution in [0.3, 0.4) is 0 Å². The smallest absolute Gasteiger partial charge is 0.355 e. The lowest BCUT2D eigenvalue weighted by molar-refractivity contribution is -0.135. The predicted octanol–water partition coefficient (Wildman–Crippen LogP) is 2.56. The van der Waals surface area contributed by atoms with Crippen molar-refractivity contribution in [3.8, 4) is 11.5 Å². The van der Waals surface area contributed by atoms with E-state index in [0.29, 0.717) is 23.7 Å². The minimum absolute atomic E-state index is 0.128. The Hall–Kier alpha value is -2.96. The average Bonchev–Trinajstić information content (AvgIpc) is 3.34. The van der Waals surface area contributed by atoms with Gasteiger partial charge in [-0.2, -0.15) is 0 Å². The van der Waals surface area contributed by atoms with Crippen molar-refractivity contribution in [2.45, 2.75) is 18.9 Å². The van der Waals surface area contributed by atoms with E-state index in [-0.39, 0.29) is 18.6 Å². The maximum Gasteiger partial charge on any atom is 0.355 e. The van der Waals surface area contributed by atoms with Crippen molar-refractivity contribution in [3.63, 3.8) is 0 Å². The Morgan fingerprint density at radius 2 is 2.00 bits per heavy atom. The molecule has 1 fully saturated rings. The molecule has 0 bridgehead atoms. The zero-order chi connectivity index (χ0) is 19.4. The van der Waals surface area contributed by atoms with Crippen molar-refractivity contribution in [3.05, 3.63) is 47.8 Å². The summed E-state index contributed by atoms with van der Waals surface area (Å²) in [4.78, 5) is 26.6. The van der Waals surface area contributed by atoms with Crippen LogP contribution in [0.15, 0.2) is 36.5 Å². The van der Waals surface area contributed by atoms with Gasteiger partial charge in [0.1, 0.15) is 17.2 Å². The highest BCUT2D eigenvalue weighted by Gasteiger charge is 2.32. The number of aryl methyl sites for hydroxylation is 1. The van der Waals surface area contributed by atoms with Crippen LogP contribution in [-0.2, 0) is 16.6 Å². The molecule has 0 spiro atoms. The molecule has 3 rings (SSSR count). The quantitative estimate of drug-likeness (QED) is 0.729. The highest BCUT2D eigenvalue weighted by molar-refractivity contribution is 5.90. The summed E-state index contributed by atoms with van der Waals surface area (Å²) in [5.74, 6) is 0.692. The lowest BCUT2D eigenvalue weighted by atomic mass is 10.0. The highest BCUT2D eigenvalue weighted by atomic mass is 16.5. The van der Waals surface area contributed by atoms with E-state index in [1.54, 1.807) is 49.1 Å². The standard InChI is InChI=1S/C20H24N2O5/c1-21-10-4-7-17(21)20(24)27-13-19(23)22-11-5-6-16(22)15-12-14(25-2)8-9-18(15)26-3/h4,7-10,12,16H,5-6,11,13H2,1-3H3/t16-/m0/s1. The van der Waals surface area contributed by atoms with E-state index < -0.39 is 5.97 Å². The first-order valence-corrected chi connectivity index (χ1v) is 8.85. The van der Waals surface area contributed by atoms with E-state index in [1.165, 1.54) is 0 Å². The van der Waals surface area contributed by atoms with Crippen LogP contribution in [0.25, 0.3) is 0 Å². The summed E-state index contributed by atoms with van der Waals surface area (Å²) in [5.41, 5.74) is 1.31. The molecule has 0 N–H and O–H groups in total. The molecule has 1 aromatic heterocycles. The van der Waals surface area contributed by atoms with Crippen molar-refractivity contribution in [1.29, 1.82) is 0 Å². The minimum atomic E-state index is -0.509. The Morgan fingerprint density at radius 1 is 1.19 bits per heavy atom. The number of hydrogen-bond acceptors (Lipinski definition) is 5. The fourth-order valence-electron chi connectivity index (χ4n) is 3.45. The zero-order valence-electron chi connectivity index (χ0n) is 15.8. The van der Waals surface area contributed by atoms with Gasteiger partial charge in [0.05, 0.1) is 20.3 Å². The van der Waals surface area contributed by atoms with E-state index in [1.807, 2.05) is 18.2 Å². The summed E-state index contributed by atoms with van der Waals surface area (Å²) in [6, 6.07) is 8.84. The van der Waals surface area contributed by atoms with Gasteiger partial charge < -0.3 is 23.7 Å². The average molecular weight is 372 g/mol. The van der Waals surface area contributed by atoms with E-state index >= 15 is 0 Å². The van der Waals surface area contributed by atoms with Crippen LogP contribution >= 0.6 is 0 Å². The fourth-order valence-corrected chi connectivity index (χ4v) is 3.45. The monoisotopic (exact) mass is 372 g/mol. The van der Waals surface area contributed by atoms with Crippen LogP contribution in [0.1, 0.15) is 34.9 Å². The first kappa shape index (κ1) is 18.8. The second-order valence-electron chi connectivity index (χ2n) is 6.43. The summed E-state index contributed by atoms with van der Waals surface area (Å²) in [6.45, 7) is 0.332.